The highest BCUT2D eigenvalue weighted by Crippen LogP contribution is 2.37. The Bertz CT molecular complexity index is 744. The van der Waals surface area contributed by atoms with Crippen LogP contribution < -0.4 is 4.90 Å². The van der Waals surface area contributed by atoms with E-state index in [4.69, 9.17) is 0 Å². The number of nitro benzene ring substituents is 1. The normalized spacial score (nSPS) is 25.3. The number of sulfonamides is 1. The van der Waals surface area contributed by atoms with Gasteiger partial charge in [-0.15, -0.1) is 0 Å². The molecule has 2 saturated heterocycles. The molecule has 1 aromatic carbocycles. The maximum Gasteiger partial charge on any atom is 0.270 e. The summed E-state index contributed by atoms with van der Waals surface area (Å²) >= 11 is 0. The Labute approximate surface area is 142 Å². The van der Waals surface area contributed by atoms with E-state index in [0.717, 1.165) is 25.8 Å². The van der Waals surface area contributed by atoms with Gasteiger partial charge in [-0.3, -0.25) is 10.1 Å². The van der Waals surface area contributed by atoms with Gasteiger partial charge in [-0.2, -0.15) is 4.31 Å². The molecule has 2 atom stereocenters. The molecular formula is C16H23N3O4S. The summed E-state index contributed by atoms with van der Waals surface area (Å²) in [6, 6.07) is 4.42. The topological polar surface area (TPSA) is 83.8 Å². The maximum atomic E-state index is 13.1. The third-order valence-electron chi connectivity index (χ3n) is 5.29. The van der Waals surface area contributed by atoms with Crippen molar-refractivity contribution in [2.24, 2.45) is 5.92 Å². The molecule has 2 fully saturated rings. The summed E-state index contributed by atoms with van der Waals surface area (Å²) in [6.07, 6.45) is 2.66. The Hall–Kier alpha value is -1.67. The van der Waals surface area contributed by atoms with Crippen molar-refractivity contribution in [3.63, 3.8) is 0 Å². The van der Waals surface area contributed by atoms with E-state index in [1.165, 1.54) is 16.4 Å². The van der Waals surface area contributed by atoms with Crippen molar-refractivity contribution >= 4 is 21.4 Å². The van der Waals surface area contributed by atoms with Gasteiger partial charge in [-0.1, -0.05) is 6.92 Å². The van der Waals surface area contributed by atoms with E-state index in [0.29, 0.717) is 24.7 Å². The van der Waals surface area contributed by atoms with E-state index in [9.17, 15) is 18.5 Å². The van der Waals surface area contributed by atoms with E-state index in [-0.39, 0.29) is 16.6 Å². The molecule has 0 spiro atoms. The maximum absolute atomic E-state index is 13.1. The van der Waals surface area contributed by atoms with Crippen LogP contribution in [-0.2, 0) is 10.0 Å². The molecule has 0 radical (unpaired) electrons. The standard InChI is InChI=1S/C16H23N3O4S/c1-12-7-10-18(13(12)2)15-6-5-14(19(20)21)11-16(15)24(22,23)17-8-3-4-9-17/h5-6,11-13H,3-4,7-10H2,1-2H3. The molecule has 0 aromatic heterocycles. The van der Waals surface area contributed by atoms with Crippen LogP contribution in [0.4, 0.5) is 11.4 Å². The van der Waals surface area contributed by atoms with Crippen molar-refractivity contribution in [2.75, 3.05) is 24.5 Å². The van der Waals surface area contributed by atoms with Crippen molar-refractivity contribution < 1.29 is 13.3 Å². The molecule has 7 nitrogen and oxygen atoms in total. The highest BCUT2D eigenvalue weighted by Gasteiger charge is 2.35. The predicted molar refractivity (Wildman–Crippen MR) is 91.7 cm³/mol. The molecule has 2 heterocycles. The first-order chi connectivity index (χ1) is 11.3. The number of rotatable bonds is 4. The molecule has 2 aliphatic heterocycles. The smallest absolute Gasteiger partial charge is 0.270 e. The van der Waals surface area contributed by atoms with Crippen molar-refractivity contribution in [2.45, 2.75) is 44.0 Å². The van der Waals surface area contributed by atoms with Crippen LogP contribution in [0.25, 0.3) is 0 Å². The fourth-order valence-electron chi connectivity index (χ4n) is 3.56. The molecule has 132 valence electrons. The highest BCUT2D eigenvalue weighted by molar-refractivity contribution is 7.89. The molecule has 0 N–H and O–H groups in total. The van der Waals surface area contributed by atoms with Gasteiger partial charge in [0.15, 0.2) is 0 Å². The minimum absolute atomic E-state index is 0.0690. The Morgan fingerprint density at radius 3 is 2.38 bits per heavy atom. The molecule has 8 heteroatoms. The molecule has 1 aromatic rings. The van der Waals surface area contributed by atoms with E-state index in [1.807, 2.05) is 0 Å². The molecule has 3 rings (SSSR count). The molecule has 2 unspecified atom stereocenters. The number of nitro groups is 1. The molecule has 24 heavy (non-hydrogen) atoms. The van der Waals surface area contributed by atoms with Gasteiger partial charge in [0.2, 0.25) is 10.0 Å². The summed E-state index contributed by atoms with van der Waals surface area (Å²) in [5.41, 5.74) is 0.403. The number of nitrogens with zero attached hydrogens (tertiary/aromatic N) is 3. The van der Waals surface area contributed by atoms with Gasteiger partial charge in [0.05, 0.1) is 10.6 Å². The van der Waals surface area contributed by atoms with E-state index in [1.54, 1.807) is 6.07 Å². The van der Waals surface area contributed by atoms with Crippen LogP contribution in [0.5, 0.6) is 0 Å². The number of hydrogen-bond acceptors (Lipinski definition) is 5. The first kappa shape index (κ1) is 17.2. The van der Waals surface area contributed by atoms with E-state index < -0.39 is 14.9 Å². The molecule has 0 amide bonds. The lowest BCUT2D eigenvalue weighted by Gasteiger charge is -2.28. The SMILES string of the molecule is CC1CCN(c2ccc([N+](=O)[O-])cc2S(=O)(=O)N2CCCC2)C1C. The second kappa shape index (κ2) is 6.33. The number of anilines is 1. The minimum Gasteiger partial charge on any atom is -0.367 e. The summed E-state index contributed by atoms with van der Waals surface area (Å²) in [7, 11) is -3.72. The zero-order valence-electron chi connectivity index (χ0n) is 14.0. The fraction of sp³-hybridized carbons (Fsp3) is 0.625. The van der Waals surface area contributed by atoms with Crippen LogP contribution in [0.1, 0.15) is 33.1 Å². The van der Waals surface area contributed by atoms with E-state index in [2.05, 4.69) is 18.7 Å². The monoisotopic (exact) mass is 353 g/mol. The lowest BCUT2D eigenvalue weighted by atomic mass is 10.1. The second-order valence-corrected chi connectivity index (χ2v) is 8.63. The van der Waals surface area contributed by atoms with Crippen molar-refractivity contribution in [1.82, 2.24) is 4.31 Å². The van der Waals surface area contributed by atoms with Crippen LogP contribution in [0, 0.1) is 16.0 Å². The van der Waals surface area contributed by atoms with Crippen LogP contribution in [0.15, 0.2) is 23.1 Å². The van der Waals surface area contributed by atoms with Crippen LogP contribution in [0.3, 0.4) is 0 Å². The zero-order chi connectivity index (χ0) is 17.5. The highest BCUT2D eigenvalue weighted by atomic mass is 32.2. The van der Waals surface area contributed by atoms with Crippen molar-refractivity contribution in [1.29, 1.82) is 0 Å². The Morgan fingerprint density at radius 2 is 1.83 bits per heavy atom. The summed E-state index contributed by atoms with van der Waals surface area (Å²) in [6.45, 7) is 5.95. The van der Waals surface area contributed by atoms with Crippen molar-refractivity contribution in [3.8, 4) is 0 Å². The zero-order valence-corrected chi connectivity index (χ0v) is 14.8. The van der Waals surface area contributed by atoms with Gasteiger partial charge in [-0.05, 0) is 38.2 Å². The number of benzene rings is 1. The molecule has 0 aliphatic carbocycles. The lowest BCUT2D eigenvalue weighted by Crippen LogP contribution is -2.33. The first-order valence-electron chi connectivity index (χ1n) is 8.37. The summed E-state index contributed by atoms with van der Waals surface area (Å²) in [5, 5.41) is 11.1. The third kappa shape index (κ3) is 2.88. The summed E-state index contributed by atoms with van der Waals surface area (Å²) in [5.74, 6) is 0.461. The van der Waals surface area contributed by atoms with E-state index >= 15 is 0 Å². The molecular weight excluding hydrogens is 330 g/mol. The first-order valence-corrected chi connectivity index (χ1v) is 9.81. The summed E-state index contributed by atoms with van der Waals surface area (Å²) < 4.78 is 27.5. The number of non-ortho nitro benzene ring substituents is 1. The van der Waals surface area contributed by atoms with Gasteiger partial charge >= 0.3 is 0 Å². The lowest BCUT2D eigenvalue weighted by molar-refractivity contribution is -0.385. The predicted octanol–water partition coefficient (Wildman–Crippen LogP) is 2.61. The minimum atomic E-state index is -3.72. The molecule has 0 saturated carbocycles. The number of hydrogen-bond donors (Lipinski definition) is 0. The Kier molecular flexibility index (Phi) is 4.52. The quantitative estimate of drug-likeness (QED) is 0.614. The summed E-state index contributed by atoms with van der Waals surface area (Å²) in [4.78, 5) is 12.7. The van der Waals surface area contributed by atoms with Gasteiger partial charge in [0.25, 0.3) is 5.69 Å². The molecule has 0 bridgehead atoms. The van der Waals surface area contributed by atoms with Crippen LogP contribution >= 0.6 is 0 Å². The Balaban J connectivity index is 2.10. The van der Waals surface area contributed by atoms with Crippen molar-refractivity contribution in [3.05, 3.63) is 28.3 Å². The molecule has 2 aliphatic rings. The second-order valence-electron chi connectivity index (χ2n) is 6.72. The van der Waals surface area contributed by atoms with Gasteiger partial charge in [-0.25, -0.2) is 8.42 Å². The van der Waals surface area contributed by atoms with Crippen LogP contribution in [-0.4, -0.2) is 43.3 Å². The van der Waals surface area contributed by atoms with Gasteiger partial charge in [0, 0.05) is 37.8 Å². The average molecular weight is 353 g/mol. The third-order valence-corrected chi connectivity index (χ3v) is 7.21. The largest absolute Gasteiger partial charge is 0.367 e. The Morgan fingerprint density at radius 1 is 1.17 bits per heavy atom. The van der Waals surface area contributed by atoms with Gasteiger partial charge < -0.3 is 4.90 Å². The van der Waals surface area contributed by atoms with Gasteiger partial charge in [0.1, 0.15) is 4.90 Å². The fourth-order valence-corrected chi connectivity index (χ4v) is 5.30. The van der Waals surface area contributed by atoms with Crippen LogP contribution in [0.2, 0.25) is 0 Å². The average Bonchev–Trinajstić information content (AvgIpc) is 3.19.